The van der Waals surface area contributed by atoms with Crippen LogP contribution in [-0.2, 0) is 4.74 Å². The molecule has 1 aromatic rings. The molecule has 0 aliphatic heterocycles. The molecule has 1 aromatic heterocycles. The molecule has 0 radical (unpaired) electrons. The summed E-state index contributed by atoms with van der Waals surface area (Å²) in [6.07, 6.45) is 0.779. The minimum Gasteiger partial charge on any atom is -0.373 e. The van der Waals surface area contributed by atoms with E-state index in [0.29, 0.717) is 11.0 Å². The first-order valence-electron chi connectivity index (χ1n) is 4.63. The van der Waals surface area contributed by atoms with Gasteiger partial charge in [-0.15, -0.1) is 0 Å². The lowest BCUT2D eigenvalue weighted by Gasteiger charge is -2.13. The van der Waals surface area contributed by atoms with Gasteiger partial charge in [0.2, 0.25) is 0 Å². The van der Waals surface area contributed by atoms with Gasteiger partial charge < -0.3 is 4.74 Å². The summed E-state index contributed by atoms with van der Waals surface area (Å²) in [5.74, 6) is 0.670. The molecule has 0 aromatic carbocycles. The lowest BCUT2D eigenvalue weighted by molar-refractivity contribution is 0.0924. The van der Waals surface area contributed by atoms with Crippen LogP contribution in [0.3, 0.4) is 0 Å². The van der Waals surface area contributed by atoms with E-state index >= 15 is 0 Å². The van der Waals surface area contributed by atoms with Crippen molar-refractivity contribution < 1.29 is 4.74 Å². The fourth-order valence-electron chi connectivity index (χ4n) is 1.21. The Bertz CT molecular complexity index is 301. The largest absolute Gasteiger partial charge is 0.373 e. The first-order chi connectivity index (χ1) is 6.60. The van der Waals surface area contributed by atoms with Gasteiger partial charge in [0.15, 0.2) is 5.82 Å². The van der Waals surface area contributed by atoms with Gasteiger partial charge in [-0.05, 0) is 20.3 Å². The summed E-state index contributed by atoms with van der Waals surface area (Å²) in [6.45, 7) is 5.87. The molecular weight excluding hydrogens is 200 g/mol. The average molecular weight is 215 g/mol. The van der Waals surface area contributed by atoms with Gasteiger partial charge in [-0.2, -0.15) is 0 Å². The Kier molecular flexibility index (Phi) is 3.84. The van der Waals surface area contributed by atoms with Gasteiger partial charge in [0.1, 0.15) is 11.3 Å². The molecule has 0 fully saturated rings. The van der Waals surface area contributed by atoms with Crippen LogP contribution in [0.5, 0.6) is 0 Å². The normalized spacial score (nSPS) is 12.9. The van der Waals surface area contributed by atoms with Crippen LogP contribution in [0.15, 0.2) is 0 Å². The van der Waals surface area contributed by atoms with Crippen LogP contribution < -0.4 is 0 Å². The zero-order valence-corrected chi connectivity index (χ0v) is 9.72. The number of nitrogens with zero attached hydrogens (tertiary/aromatic N) is 2. The van der Waals surface area contributed by atoms with Crippen LogP contribution in [0.25, 0.3) is 0 Å². The summed E-state index contributed by atoms with van der Waals surface area (Å²) in [5, 5.41) is 0.517. The van der Waals surface area contributed by atoms with Crippen molar-refractivity contribution in [2.75, 3.05) is 7.11 Å². The van der Waals surface area contributed by atoms with Crippen LogP contribution in [-0.4, -0.2) is 17.1 Å². The van der Waals surface area contributed by atoms with E-state index in [-0.39, 0.29) is 6.10 Å². The zero-order valence-electron chi connectivity index (χ0n) is 8.97. The first-order valence-corrected chi connectivity index (χ1v) is 5.01. The topological polar surface area (TPSA) is 35.0 Å². The van der Waals surface area contributed by atoms with Gasteiger partial charge in [-0.3, -0.25) is 0 Å². The molecule has 1 atom stereocenters. The SMILES string of the molecule is CCC(OC)c1nc(C)c(C)c(Cl)n1. The van der Waals surface area contributed by atoms with Crippen molar-refractivity contribution in [1.29, 1.82) is 0 Å². The molecule has 3 nitrogen and oxygen atoms in total. The fourth-order valence-corrected chi connectivity index (χ4v) is 1.44. The molecule has 0 aliphatic carbocycles. The Labute approximate surface area is 89.5 Å². The van der Waals surface area contributed by atoms with Crippen molar-refractivity contribution in [2.24, 2.45) is 0 Å². The Balaban J connectivity index is 3.11. The quantitative estimate of drug-likeness (QED) is 0.726. The predicted octanol–water partition coefficient (Wildman–Crippen LogP) is 2.84. The molecule has 1 heterocycles. The van der Waals surface area contributed by atoms with Gasteiger partial charge in [0.25, 0.3) is 0 Å². The van der Waals surface area contributed by atoms with E-state index in [1.807, 2.05) is 20.8 Å². The van der Waals surface area contributed by atoms with E-state index in [2.05, 4.69) is 9.97 Å². The van der Waals surface area contributed by atoms with Crippen LogP contribution >= 0.6 is 11.6 Å². The van der Waals surface area contributed by atoms with Gasteiger partial charge in [-0.25, -0.2) is 9.97 Å². The summed E-state index contributed by atoms with van der Waals surface area (Å²) < 4.78 is 5.25. The maximum Gasteiger partial charge on any atom is 0.159 e. The van der Waals surface area contributed by atoms with Crippen molar-refractivity contribution in [2.45, 2.75) is 33.3 Å². The van der Waals surface area contributed by atoms with Gasteiger partial charge in [0, 0.05) is 18.4 Å². The number of aromatic nitrogens is 2. The van der Waals surface area contributed by atoms with Crippen molar-refractivity contribution in [3.8, 4) is 0 Å². The maximum absolute atomic E-state index is 5.97. The number of aryl methyl sites for hydroxylation is 1. The second kappa shape index (κ2) is 4.71. The van der Waals surface area contributed by atoms with Crippen LogP contribution in [0, 0.1) is 13.8 Å². The Morgan fingerprint density at radius 3 is 2.43 bits per heavy atom. The number of rotatable bonds is 3. The Morgan fingerprint density at radius 1 is 1.36 bits per heavy atom. The van der Waals surface area contributed by atoms with Crippen molar-refractivity contribution in [1.82, 2.24) is 9.97 Å². The number of methoxy groups -OCH3 is 1. The van der Waals surface area contributed by atoms with E-state index in [9.17, 15) is 0 Å². The van der Waals surface area contributed by atoms with E-state index in [0.717, 1.165) is 17.7 Å². The third-order valence-corrected chi connectivity index (χ3v) is 2.66. The molecule has 0 N–H and O–H groups in total. The monoisotopic (exact) mass is 214 g/mol. The maximum atomic E-state index is 5.97. The minimum atomic E-state index is -0.0631. The average Bonchev–Trinajstić information content (AvgIpc) is 2.16. The molecule has 0 saturated heterocycles. The lowest BCUT2D eigenvalue weighted by atomic mass is 10.2. The highest BCUT2D eigenvalue weighted by atomic mass is 35.5. The van der Waals surface area contributed by atoms with Crippen LogP contribution in [0.4, 0.5) is 0 Å². The highest BCUT2D eigenvalue weighted by molar-refractivity contribution is 6.30. The molecule has 0 amide bonds. The van der Waals surface area contributed by atoms with E-state index in [1.165, 1.54) is 0 Å². The lowest BCUT2D eigenvalue weighted by Crippen LogP contribution is -2.08. The third-order valence-electron chi connectivity index (χ3n) is 2.29. The van der Waals surface area contributed by atoms with E-state index in [4.69, 9.17) is 16.3 Å². The molecule has 0 spiro atoms. The smallest absolute Gasteiger partial charge is 0.159 e. The van der Waals surface area contributed by atoms with Gasteiger partial charge in [-0.1, -0.05) is 18.5 Å². The third kappa shape index (κ3) is 2.22. The standard InChI is InChI=1S/C10H15ClN2O/c1-5-8(14-4)10-12-7(3)6(2)9(11)13-10/h8H,5H2,1-4H3. The molecule has 0 bridgehead atoms. The van der Waals surface area contributed by atoms with Crippen LogP contribution in [0.1, 0.15) is 36.5 Å². The molecule has 0 saturated carbocycles. The van der Waals surface area contributed by atoms with E-state index in [1.54, 1.807) is 7.11 Å². The van der Waals surface area contributed by atoms with Crippen molar-refractivity contribution in [3.05, 3.63) is 22.2 Å². The number of ether oxygens (including phenoxy) is 1. The minimum absolute atomic E-state index is 0.0631. The van der Waals surface area contributed by atoms with Gasteiger partial charge in [0.05, 0.1) is 0 Å². The highest BCUT2D eigenvalue weighted by Crippen LogP contribution is 2.21. The van der Waals surface area contributed by atoms with Crippen molar-refractivity contribution in [3.63, 3.8) is 0 Å². The fraction of sp³-hybridized carbons (Fsp3) is 0.600. The van der Waals surface area contributed by atoms with Gasteiger partial charge >= 0.3 is 0 Å². The molecule has 0 aliphatic rings. The van der Waals surface area contributed by atoms with E-state index < -0.39 is 0 Å². The second-order valence-electron chi connectivity index (χ2n) is 3.22. The van der Waals surface area contributed by atoms with Crippen molar-refractivity contribution >= 4 is 11.6 Å². The summed E-state index contributed by atoms with van der Waals surface area (Å²) in [6, 6.07) is 0. The Hall–Kier alpha value is -0.670. The molecule has 14 heavy (non-hydrogen) atoms. The summed E-state index contributed by atoms with van der Waals surface area (Å²) in [5.41, 5.74) is 1.84. The molecule has 4 heteroatoms. The molecular formula is C10H15ClN2O. The predicted molar refractivity (Wildman–Crippen MR) is 56.6 cm³/mol. The highest BCUT2D eigenvalue weighted by Gasteiger charge is 2.14. The summed E-state index contributed by atoms with van der Waals surface area (Å²) in [7, 11) is 1.65. The first kappa shape index (κ1) is 11.4. The zero-order chi connectivity index (χ0) is 10.7. The molecule has 78 valence electrons. The van der Waals surface area contributed by atoms with Crippen LogP contribution in [0.2, 0.25) is 5.15 Å². The summed E-state index contributed by atoms with van der Waals surface area (Å²) >= 11 is 5.97. The summed E-state index contributed by atoms with van der Waals surface area (Å²) in [4.78, 5) is 8.56. The number of hydrogen-bond donors (Lipinski definition) is 0. The number of halogens is 1. The molecule has 1 rings (SSSR count). The molecule has 1 unspecified atom stereocenters. The Morgan fingerprint density at radius 2 is 2.00 bits per heavy atom. The number of hydrogen-bond acceptors (Lipinski definition) is 3. The second-order valence-corrected chi connectivity index (χ2v) is 3.57.